The number of likely N-dealkylation sites (tertiary alicyclic amines) is 1. The van der Waals surface area contributed by atoms with Gasteiger partial charge in [0.15, 0.2) is 0 Å². The number of amides is 1. The number of halogens is 4. The number of hydrogen-bond donors (Lipinski definition) is 3. The van der Waals surface area contributed by atoms with E-state index in [1.54, 1.807) is 41.3 Å². The standard InChI is InChI=1S/C20H20ClN5O3S2.C2HF3O2/c1-25(31(28,29)17-10-14-5-6-16(21)24-19(14)30-17)15-7-8-26(20(15)27)11-12-3-2-4-13(9-12)18(22)23;3-2(4,5)1(6)7/h2-6,9-10,15H,7-8,11H2,1H3,(H3,22,23);(H,6,7). The van der Waals surface area contributed by atoms with Crippen LogP contribution in [0.25, 0.3) is 10.2 Å². The highest BCUT2D eigenvalue weighted by Gasteiger charge is 2.40. The summed E-state index contributed by atoms with van der Waals surface area (Å²) in [7, 11) is -2.43. The molecule has 4 rings (SSSR count). The van der Waals surface area contributed by atoms with Gasteiger partial charge < -0.3 is 15.7 Å². The van der Waals surface area contributed by atoms with Gasteiger partial charge in [0, 0.05) is 31.1 Å². The fourth-order valence-electron chi connectivity index (χ4n) is 3.58. The van der Waals surface area contributed by atoms with E-state index in [1.807, 2.05) is 6.07 Å². The number of carboxylic acid groups (broad SMARTS) is 1. The van der Waals surface area contributed by atoms with Crippen LogP contribution in [0, 0.1) is 5.41 Å². The van der Waals surface area contributed by atoms with Gasteiger partial charge in [-0.25, -0.2) is 18.2 Å². The fourth-order valence-corrected chi connectivity index (χ4v) is 6.65. The Bertz CT molecular complexity index is 1500. The van der Waals surface area contributed by atoms with Crippen LogP contribution in [-0.2, 0) is 26.2 Å². The van der Waals surface area contributed by atoms with Crippen LogP contribution in [0.4, 0.5) is 13.2 Å². The first-order chi connectivity index (χ1) is 17.6. The molecule has 2 aromatic heterocycles. The number of sulfonamides is 1. The number of carbonyl (C=O) groups excluding carboxylic acids is 1. The highest BCUT2D eigenvalue weighted by atomic mass is 35.5. The second-order valence-electron chi connectivity index (χ2n) is 8.10. The van der Waals surface area contributed by atoms with Gasteiger partial charge in [0.2, 0.25) is 5.91 Å². The number of thiophene rings is 1. The van der Waals surface area contributed by atoms with Crippen molar-refractivity contribution in [3.8, 4) is 0 Å². The maximum Gasteiger partial charge on any atom is 0.490 e. The van der Waals surface area contributed by atoms with Gasteiger partial charge in [-0.15, -0.1) is 11.3 Å². The Kier molecular flexibility index (Phi) is 8.65. The zero-order valence-corrected chi connectivity index (χ0v) is 22.0. The molecule has 1 saturated heterocycles. The van der Waals surface area contributed by atoms with Gasteiger partial charge in [-0.1, -0.05) is 29.8 Å². The summed E-state index contributed by atoms with van der Waals surface area (Å²) in [5, 5.41) is 15.7. The van der Waals surface area contributed by atoms with Gasteiger partial charge in [0.05, 0.1) is 0 Å². The summed E-state index contributed by atoms with van der Waals surface area (Å²) in [6.45, 7) is 0.771. The minimum absolute atomic E-state index is 0.0441. The minimum Gasteiger partial charge on any atom is -0.475 e. The predicted octanol–water partition coefficient (Wildman–Crippen LogP) is 3.29. The number of nitrogens with two attached hydrogens (primary N) is 1. The summed E-state index contributed by atoms with van der Waals surface area (Å²) < 4.78 is 59.4. The molecule has 38 heavy (non-hydrogen) atoms. The smallest absolute Gasteiger partial charge is 0.475 e. The number of aromatic nitrogens is 1. The third-order valence-electron chi connectivity index (χ3n) is 5.52. The number of nitrogens with zero attached hydrogens (tertiary/aromatic N) is 3. The van der Waals surface area contributed by atoms with Crippen LogP contribution in [0.2, 0.25) is 5.15 Å². The van der Waals surface area contributed by atoms with Gasteiger partial charge >= 0.3 is 12.1 Å². The summed E-state index contributed by atoms with van der Waals surface area (Å²) in [5.41, 5.74) is 6.95. The Morgan fingerprint density at radius 1 is 1.32 bits per heavy atom. The fraction of sp³-hybridized carbons (Fsp3) is 0.273. The Morgan fingerprint density at radius 2 is 1.97 bits per heavy atom. The van der Waals surface area contributed by atoms with E-state index in [2.05, 4.69) is 4.98 Å². The molecule has 1 aromatic carbocycles. The number of alkyl halides is 3. The molecule has 4 N–H and O–H groups in total. The van der Waals surface area contributed by atoms with E-state index in [0.717, 1.165) is 21.2 Å². The zero-order chi connectivity index (χ0) is 28.4. The molecule has 204 valence electrons. The summed E-state index contributed by atoms with van der Waals surface area (Å²) in [6, 6.07) is 11.2. The summed E-state index contributed by atoms with van der Waals surface area (Å²) in [6.07, 6.45) is -4.68. The molecule has 0 bridgehead atoms. The number of carbonyl (C=O) groups is 2. The Labute approximate surface area is 224 Å². The first-order valence-electron chi connectivity index (χ1n) is 10.7. The lowest BCUT2D eigenvalue weighted by Crippen LogP contribution is -2.42. The highest BCUT2D eigenvalue weighted by Crippen LogP contribution is 2.32. The number of pyridine rings is 1. The third kappa shape index (κ3) is 6.59. The number of benzene rings is 1. The molecule has 1 aliphatic rings. The lowest BCUT2D eigenvalue weighted by molar-refractivity contribution is -0.192. The number of aliphatic carboxylic acids is 1. The van der Waals surface area contributed by atoms with Crippen LogP contribution in [0.3, 0.4) is 0 Å². The molecule has 1 amide bonds. The van der Waals surface area contributed by atoms with E-state index < -0.39 is 28.2 Å². The van der Waals surface area contributed by atoms with E-state index >= 15 is 0 Å². The molecule has 1 atom stereocenters. The van der Waals surface area contributed by atoms with Crippen molar-refractivity contribution < 1.29 is 36.3 Å². The van der Waals surface area contributed by atoms with E-state index in [1.165, 1.54) is 7.05 Å². The molecular formula is C22H21ClF3N5O5S2. The molecule has 0 radical (unpaired) electrons. The number of fused-ring (bicyclic) bond motifs is 1. The van der Waals surface area contributed by atoms with Gasteiger partial charge in [0.25, 0.3) is 10.0 Å². The van der Waals surface area contributed by atoms with Crippen LogP contribution in [-0.4, -0.2) is 71.2 Å². The lowest BCUT2D eigenvalue weighted by atomic mass is 10.1. The van der Waals surface area contributed by atoms with Crippen LogP contribution in [0.5, 0.6) is 0 Å². The van der Waals surface area contributed by atoms with Gasteiger partial charge in [-0.05, 0) is 36.2 Å². The first-order valence-corrected chi connectivity index (χ1v) is 13.3. The number of likely N-dealkylation sites (N-methyl/N-ethyl adjacent to an activating group) is 1. The number of nitrogens with one attached hydrogen (secondary N) is 1. The second kappa shape index (κ2) is 11.2. The number of rotatable bonds is 6. The molecule has 0 saturated carbocycles. The number of nitrogen functional groups attached to an aromatic ring is 1. The van der Waals surface area contributed by atoms with Crippen molar-refractivity contribution in [3.05, 3.63) is 58.7 Å². The van der Waals surface area contributed by atoms with Crippen molar-refractivity contribution in [2.75, 3.05) is 13.6 Å². The van der Waals surface area contributed by atoms with Crippen molar-refractivity contribution in [1.82, 2.24) is 14.2 Å². The molecule has 3 aromatic rings. The van der Waals surface area contributed by atoms with E-state index in [0.29, 0.717) is 40.4 Å². The number of carboxylic acids is 1. The highest BCUT2D eigenvalue weighted by molar-refractivity contribution is 7.91. The van der Waals surface area contributed by atoms with Crippen LogP contribution < -0.4 is 5.73 Å². The van der Waals surface area contributed by atoms with Gasteiger partial charge in [-0.3, -0.25) is 10.2 Å². The second-order valence-corrected chi connectivity index (χ2v) is 11.7. The Hall–Kier alpha value is -3.27. The molecule has 1 aliphatic heterocycles. The van der Waals surface area contributed by atoms with Crippen molar-refractivity contribution in [3.63, 3.8) is 0 Å². The summed E-state index contributed by atoms with van der Waals surface area (Å²) >= 11 is 6.94. The maximum atomic E-state index is 13.2. The predicted molar refractivity (Wildman–Crippen MR) is 135 cm³/mol. The third-order valence-corrected chi connectivity index (χ3v) is 9.09. The normalized spacial score (nSPS) is 16.0. The molecule has 16 heteroatoms. The van der Waals surface area contributed by atoms with Crippen molar-refractivity contribution in [2.45, 2.75) is 29.4 Å². The van der Waals surface area contributed by atoms with Crippen molar-refractivity contribution >= 4 is 60.9 Å². The molecule has 0 spiro atoms. The minimum atomic E-state index is -5.08. The van der Waals surface area contributed by atoms with Crippen LogP contribution in [0.1, 0.15) is 17.5 Å². The summed E-state index contributed by atoms with van der Waals surface area (Å²) in [4.78, 5) is 28.2. The molecule has 3 heterocycles. The quantitative estimate of drug-likeness (QED) is 0.225. The average molecular weight is 592 g/mol. The van der Waals surface area contributed by atoms with Crippen LogP contribution >= 0.6 is 22.9 Å². The monoisotopic (exact) mass is 591 g/mol. The maximum absolute atomic E-state index is 13.2. The lowest BCUT2D eigenvalue weighted by Gasteiger charge is -2.23. The van der Waals surface area contributed by atoms with E-state index in [4.69, 9.17) is 32.6 Å². The first kappa shape index (κ1) is 29.3. The van der Waals surface area contributed by atoms with E-state index in [9.17, 15) is 26.4 Å². The summed E-state index contributed by atoms with van der Waals surface area (Å²) in [5.74, 6) is -3.05. The average Bonchev–Trinajstić information content (AvgIpc) is 3.42. The molecular weight excluding hydrogens is 571 g/mol. The zero-order valence-electron chi connectivity index (χ0n) is 19.6. The van der Waals surface area contributed by atoms with Crippen LogP contribution in [0.15, 0.2) is 46.7 Å². The SMILES string of the molecule is CN(C1CCN(Cc2cccc(C(=N)N)c2)C1=O)S(=O)(=O)c1cc2ccc(Cl)nc2s1.O=C(O)C(F)(F)F. The number of hydrogen-bond acceptors (Lipinski definition) is 7. The van der Waals surface area contributed by atoms with Gasteiger partial charge in [-0.2, -0.15) is 17.5 Å². The van der Waals surface area contributed by atoms with Gasteiger partial charge in [0.1, 0.15) is 26.1 Å². The Morgan fingerprint density at radius 3 is 2.58 bits per heavy atom. The number of amidine groups is 1. The van der Waals surface area contributed by atoms with E-state index in [-0.39, 0.29) is 16.0 Å². The molecule has 1 unspecified atom stereocenters. The molecule has 1 fully saturated rings. The largest absolute Gasteiger partial charge is 0.490 e. The topological polar surface area (TPSA) is 158 Å². The van der Waals surface area contributed by atoms with Crippen molar-refractivity contribution in [1.29, 1.82) is 5.41 Å². The Balaban J connectivity index is 0.000000505. The van der Waals surface area contributed by atoms with Crippen molar-refractivity contribution in [2.24, 2.45) is 5.73 Å². The molecule has 10 nitrogen and oxygen atoms in total. The molecule has 0 aliphatic carbocycles.